The molecule has 0 aliphatic heterocycles. The lowest BCUT2D eigenvalue weighted by atomic mass is 9.38. The molecule has 0 amide bonds. The first-order valence-corrected chi connectivity index (χ1v) is 33.5. The number of alkyl halides is 1. The molecule has 9 aromatic carbocycles. The summed E-state index contributed by atoms with van der Waals surface area (Å²) in [5.74, 6) is 2.78. The number of hydrogen-bond donors (Lipinski definition) is 1. The van der Waals surface area contributed by atoms with E-state index in [1.54, 1.807) is 7.11 Å². The van der Waals surface area contributed by atoms with Gasteiger partial charge < -0.3 is 28.8 Å². The Morgan fingerprint density at radius 1 is 0.413 bits per heavy atom. The first-order valence-electron chi connectivity index (χ1n) is 33.2. The van der Waals surface area contributed by atoms with E-state index >= 15 is 0 Å². The first kappa shape index (κ1) is 52.2. The number of allylic oxidation sites excluding steroid dienone is 6. The Morgan fingerprint density at radius 3 is 1.27 bits per heavy atom. The predicted molar refractivity (Wildman–Crippen MR) is 356 cm³/mol. The molecule has 0 bridgehead atoms. The minimum Gasteiger partial charge on any atom is -0.497 e. The molecule has 12 aliphatic carbocycles. The molecule has 1 N–H and O–H groups in total. The first-order chi connectivity index (χ1) is 45.2. The van der Waals surface area contributed by atoms with Gasteiger partial charge in [-0.1, -0.05) is 141 Å². The Labute approximate surface area is 538 Å². The SMILES string of the molecule is CCCOc1ccc([C@]23C4=C5C6=C7[C@]8(c9ccc(OCCC)cc9)c9c%10ccc%11c9[C@@](c9ccc(OC)cc9)(c9c-%11ccc(c92)-c2ccc9c(c23)[C@@]5(c2ccc(OCCC)cc2)c2c-9ccc3c2[C@@]6(c2ccc(OCCCC(=O)O)cc2)C2C3=C=C=C%10C28)[C@@]47Cl)cc1. The molecule has 12 aliphatic rings. The van der Waals surface area contributed by atoms with Crippen molar-refractivity contribution in [1.29, 1.82) is 0 Å². The molecule has 8 atom stereocenters. The number of carboxylic acid groups (broad SMARTS) is 1. The van der Waals surface area contributed by atoms with Crippen LogP contribution in [0.5, 0.6) is 28.7 Å². The Hall–Kier alpha value is -9.48. The van der Waals surface area contributed by atoms with Crippen LogP contribution >= 0.6 is 11.6 Å². The van der Waals surface area contributed by atoms with E-state index in [2.05, 4.69) is 202 Å². The summed E-state index contributed by atoms with van der Waals surface area (Å²) in [6.45, 7) is 8.63. The van der Waals surface area contributed by atoms with Crippen LogP contribution in [0.4, 0.5) is 0 Å². The zero-order valence-electron chi connectivity index (χ0n) is 51.5. The minimum atomic E-state index is -1.34. The highest BCUT2D eigenvalue weighted by Crippen LogP contribution is 2.93. The summed E-state index contributed by atoms with van der Waals surface area (Å²) >= 11 is 10.6. The Balaban J connectivity index is 1.04. The summed E-state index contributed by atoms with van der Waals surface area (Å²) in [7, 11) is 1.76. The van der Waals surface area contributed by atoms with Crippen molar-refractivity contribution in [1.82, 2.24) is 0 Å². The zero-order valence-corrected chi connectivity index (χ0v) is 52.2. The molecule has 0 saturated carbocycles. The van der Waals surface area contributed by atoms with E-state index in [4.69, 9.17) is 23.7 Å². The zero-order chi connectivity index (χ0) is 61.3. The van der Waals surface area contributed by atoms with Gasteiger partial charge >= 0.3 is 5.97 Å². The summed E-state index contributed by atoms with van der Waals surface area (Å²) in [4.78, 5) is 10.4. The fourth-order valence-corrected chi connectivity index (χ4v) is 22.5. The third-order valence-electron chi connectivity index (χ3n) is 24.0. The number of rotatable bonds is 20. The summed E-state index contributed by atoms with van der Waals surface area (Å²) in [5.41, 5.74) is 37.4. The molecule has 0 spiro atoms. The largest absolute Gasteiger partial charge is 0.497 e. The molecule has 7 nitrogen and oxygen atoms in total. The standard InChI is InChI=1S/C84H61ClO7/c1-5-40-89-50-22-10-44(11-23-50)79-65-54-30-31-55-57-33-35-59-61-37-39-63-62-38-36-60-58-34-32-56(54)67(79)69(58)81(46-14-26-51(27-15-46)90-41-6-2)71(60)73(62)83(48-18-20-49(88-4)21-19-48)74(63)72(61)82(47-16-28-52(29-17-47)91-42-7-3)70(59)68(57)80(66(55)65,76-75(79)77(81)84(83,85)78(76)82)45-12-24-53(25-13-45)92-43-8-9-64(86)87/h10-32,34,36-39,68,70H,5-9,40-43H2,1-4H3,(H,86,87)/t68?,70?,79-,80+,81-,82+,83-,84-/m1/s1. The van der Waals surface area contributed by atoms with Crippen LogP contribution in [0.15, 0.2) is 204 Å². The van der Waals surface area contributed by atoms with Gasteiger partial charge in [0, 0.05) is 29.4 Å². The molecule has 0 aromatic heterocycles. The van der Waals surface area contributed by atoms with Gasteiger partial charge in [0.2, 0.25) is 0 Å². The van der Waals surface area contributed by atoms with Crippen molar-refractivity contribution in [2.24, 2.45) is 11.8 Å². The monoisotopic (exact) mass is 1220 g/mol. The molecule has 2 unspecified atom stereocenters. The highest BCUT2D eigenvalue weighted by atomic mass is 35.5. The van der Waals surface area contributed by atoms with Crippen LogP contribution in [0.2, 0.25) is 0 Å². The lowest BCUT2D eigenvalue weighted by Gasteiger charge is -2.65. The van der Waals surface area contributed by atoms with Gasteiger partial charge in [-0.05, 0) is 225 Å². The average Bonchev–Trinajstić information content (AvgIpc) is 1.39. The van der Waals surface area contributed by atoms with Crippen molar-refractivity contribution in [3.05, 3.63) is 287 Å². The van der Waals surface area contributed by atoms with Crippen molar-refractivity contribution >= 4 is 28.7 Å². The summed E-state index contributed by atoms with van der Waals surface area (Å²) in [6.07, 6.45) is 3.13. The van der Waals surface area contributed by atoms with Crippen molar-refractivity contribution in [2.45, 2.75) is 84.8 Å². The molecule has 9 aromatic rings. The van der Waals surface area contributed by atoms with Crippen LogP contribution in [-0.4, -0.2) is 49.5 Å². The van der Waals surface area contributed by atoms with Crippen LogP contribution < -0.4 is 23.7 Å². The molecule has 8 heteroatoms. The molecule has 0 fully saturated rings. The molecule has 0 heterocycles. The summed E-state index contributed by atoms with van der Waals surface area (Å²) < 4.78 is 32.3. The number of aliphatic carboxylic acids is 1. The lowest BCUT2D eigenvalue weighted by molar-refractivity contribution is -0.137. The Bertz CT molecular complexity index is 5170. The van der Waals surface area contributed by atoms with Gasteiger partial charge in [0.05, 0.1) is 60.6 Å². The molecular formula is C84H61ClO7. The van der Waals surface area contributed by atoms with E-state index in [9.17, 15) is 21.5 Å². The van der Waals surface area contributed by atoms with E-state index in [1.807, 2.05) is 0 Å². The molecule has 21 rings (SSSR count). The molecular weight excluding hydrogens is 1160 g/mol. The third kappa shape index (κ3) is 5.18. The van der Waals surface area contributed by atoms with Crippen LogP contribution in [0.25, 0.3) is 44.5 Å². The number of halogens is 1. The normalized spacial score (nSPS) is 26.9. The maximum absolute atomic E-state index is 11.8. The average molecular weight is 1220 g/mol. The van der Waals surface area contributed by atoms with Crippen molar-refractivity contribution in [3.8, 4) is 62.1 Å². The smallest absolute Gasteiger partial charge is 0.303 e. The van der Waals surface area contributed by atoms with Gasteiger partial charge in [0.25, 0.3) is 0 Å². The van der Waals surface area contributed by atoms with Gasteiger partial charge in [-0.3, -0.25) is 4.79 Å². The van der Waals surface area contributed by atoms with E-state index < -0.39 is 37.9 Å². The van der Waals surface area contributed by atoms with E-state index in [0.29, 0.717) is 32.0 Å². The molecule has 0 saturated heterocycles. The quantitative estimate of drug-likeness (QED) is 0.0462. The molecule has 92 heavy (non-hydrogen) atoms. The maximum Gasteiger partial charge on any atom is 0.303 e. The van der Waals surface area contributed by atoms with Gasteiger partial charge in [0.15, 0.2) is 0 Å². The van der Waals surface area contributed by atoms with Crippen LogP contribution in [-0.2, 0) is 31.9 Å². The fourth-order valence-electron chi connectivity index (χ4n) is 21.7. The van der Waals surface area contributed by atoms with Crippen molar-refractivity contribution in [2.75, 3.05) is 33.5 Å². The molecule has 0 radical (unpaired) electrons. The van der Waals surface area contributed by atoms with Gasteiger partial charge in [-0.15, -0.1) is 11.6 Å². The van der Waals surface area contributed by atoms with Crippen molar-refractivity contribution in [3.63, 3.8) is 0 Å². The number of benzene rings is 9. The third-order valence-corrected chi connectivity index (χ3v) is 24.6. The number of ether oxygens (including phenoxy) is 5. The number of fused-ring (bicyclic) bond motifs is 5. The van der Waals surface area contributed by atoms with Crippen LogP contribution in [0.1, 0.15) is 136 Å². The lowest BCUT2D eigenvalue weighted by Crippen LogP contribution is -2.66. The van der Waals surface area contributed by atoms with E-state index in [0.717, 1.165) is 47.8 Å². The predicted octanol–water partition coefficient (Wildman–Crippen LogP) is 17.3. The van der Waals surface area contributed by atoms with Crippen LogP contribution in [0, 0.1) is 11.8 Å². The highest BCUT2D eigenvalue weighted by Gasteiger charge is 2.88. The number of methoxy groups -OCH3 is 1. The Kier molecular flexibility index (Phi) is 9.73. The Morgan fingerprint density at radius 2 is 0.783 bits per heavy atom. The van der Waals surface area contributed by atoms with Gasteiger partial charge in [0.1, 0.15) is 33.6 Å². The number of carbonyl (C=O) groups is 1. The van der Waals surface area contributed by atoms with Crippen LogP contribution in [0.3, 0.4) is 0 Å². The van der Waals surface area contributed by atoms with Gasteiger partial charge in [-0.2, -0.15) is 0 Å². The minimum absolute atomic E-state index is 0.0337. The molecule has 446 valence electrons. The van der Waals surface area contributed by atoms with Crippen molar-refractivity contribution < 1.29 is 33.6 Å². The maximum atomic E-state index is 11.8. The van der Waals surface area contributed by atoms with E-state index in [1.165, 1.54) is 145 Å². The van der Waals surface area contributed by atoms with Gasteiger partial charge in [-0.25, -0.2) is 0 Å². The fraction of sp³-hybridized carbons (Fsp3) is 0.250. The summed E-state index contributed by atoms with van der Waals surface area (Å²) in [5, 5.41) is 9.66. The second kappa shape index (κ2) is 17.2. The van der Waals surface area contributed by atoms with E-state index in [-0.39, 0.29) is 24.9 Å². The second-order valence-electron chi connectivity index (χ2n) is 27.4. The number of carboxylic acids is 1. The summed E-state index contributed by atoms with van der Waals surface area (Å²) in [6, 6.07) is 65.6. The number of hydrogen-bond acceptors (Lipinski definition) is 6. The second-order valence-corrected chi connectivity index (χ2v) is 28.0. The topological polar surface area (TPSA) is 83.5 Å². The highest BCUT2D eigenvalue weighted by molar-refractivity contribution is 6.35.